The smallest absolute Gasteiger partial charge is 0.335 e. The molecule has 19 heavy (non-hydrogen) atoms. The average Bonchev–Trinajstić information content (AvgIpc) is 2.59. The van der Waals surface area contributed by atoms with Gasteiger partial charge in [0.25, 0.3) is 0 Å². The number of ether oxygens (including phenoxy) is 1. The van der Waals surface area contributed by atoms with Crippen molar-refractivity contribution in [3.05, 3.63) is 29.8 Å². The number of rotatable bonds is 3. The predicted molar refractivity (Wildman–Crippen MR) is 71.6 cm³/mol. The van der Waals surface area contributed by atoms with Crippen molar-refractivity contribution >= 4 is 5.97 Å². The molecule has 1 aromatic carbocycles. The summed E-state index contributed by atoms with van der Waals surface area (Å²) in [6, 6.07) is 7.88. The molecule has 2 aliphatic heterocycles. The van der Waals surface area contributed by atoms with E-state index in [1.54, 1.807) is 24.3 Å². The van der Waals surface area contributed by atoms with Crippen LogP contribution >= 0.6 is 0 Å². The van der Waals surface area contributed by atoms with E-state index < -0.39 is 5.97 Å². The van der Waals surface area contributed by atoms with E-state index in [1.165, 1.54) is 19.3 Å². The molecule has 4 nitrogen and oxygen atoms in total. The fourth-order valence-electron chi connectivity index (χ4n) is 3.38. The van der Waals surface area contributed by atoms with E-state index in [2.05, 4.69) is 11.9 Å². The zero-order valence-corrected chi connectivity index (χ0v) is 11.1. The first-order valence-electron chi connectivity index (χ1n) is 6.87. The lowest BCUT2D eigenvalue weighted by Crippen LogP contribution is -2.40. The summed E-state index contributed by atoms with van der Waals surface area (Å²) >= 11 is 0. The number of carboxylic acid groups (broad SMARTS) is 1. The number of fused-ring (bicyclic) bond motifs is 2. The number of likely N-dealkylation sites (N-methyl/N-ethyl adjacent to an activating group) is 1. The van der Waals surface area contributed by atoms with Crippen LogP contribution in [-0.4, -0.2) is 41.2 Å². The largest absolute Gasteiger partial charge is 0.489 e. The summed E-state index contributed by atoms with van der Waals surface area (Å²) in [4.78, 5) is 13.2. The van der Waals surface area contributed by atoms with Crippen molar-refractivity contribution in [3.63, 3.8) is 0 Å². The van der Waals surface area contributed by atoms with Crippen molar-refractivity contribution in [2.24, 2.45) is 0 Å². The molecule has 2 saturated heterocycles. The van der Waals surface area contributed by atoms with Gasteiger partial charge in [-0.25, -0.2) is 4.79 Å². The maximum Gasteiger partial charge on any atom is 0.335 e. The quantitative estimate of drug-likeness (QED) is 0.907. The molecule has 0 spiro atoms. The number of hydrogen-bond donors (Lipinski definition) is 1. The number of benzene rings is 1. The van der Waals surface area contributed by atoms with Gasteiger partial charge in [-0.2, -0.15) is 0 Å². The van der Waals surface area contributed by atoms with E-state index in [4.69, 9.17) is 9.84 Å². The topological polar surface area (TPSA) is 49.8 Å². The van der Waals surface area contributed by atoms with Crippen LogP contribution in [-0.2, 0) is 0 Å². The Morgan fingerprint density at radius 3 is 2.68 bits per heavy atom. The second-order valence-electron chi connectivity index (χ2n) is 5.54. The highest BCUT2D eigenvalue weighted by molar-refractivity contribution is 5.87. The first kappa shape index (κ1) is 12.5. The fraction of sp³-hybridized carbons (Fsp3) is 0.533. The minimum absolute atomic E-state index is 0.244. The van der Waals surface area contributed by atoms with Crippen molar-refractivity contribution < 1.29 is 14.6 Å². The van der Waals surface area contributed by atoms with E-state index >= 15 is 0 Å². The number of nitrogens with zero attached hydrogens (tertiary/aromatic N) is 1. The maximum absolute atomic E-state index is 10.8. The molecule has 4 heteroatoms. The highest BCUT2D eigenvalue weighted by Gasteiger charge is 2.42. The van der Waals surface area contributed by atoms with Crippen LogP contribution in [0.4, 0.5) is 0 Å². The number of aromatic carboxylic acids is 1. The normalized spacial score (nSPS) is 30.3. The zero-order chi connectivity index (χ0) is 13.4. The zero-order valence-electron chi connectivity index (χ0n) is 11.1. The summed E-state index contributed by atoms with van der Waals surface area (Å²) < 4.78 is 6.06. The van der Waals surface area contributed by atoms with Gasteiger partial charge < -0.3 is 9.84 Å². The number of carbonyl (C=O) groups is 1. The molecule has 0 saturated carbocycles. The molecule has 0 amide bonds. The molecular formula is C15H19NO3. The van der Waals surface area contributed by atoms with E-state index in [-0.39, 0.29) is 6.10 Å². The SMILES string of the molecule is CN1C2CCCC1C(Oc1ccc(C(=O)O)cc1)C2. The standard InChI is InChI=1S/C15H19NO3/c1-16-11-3-2-4-13(16)14(9-11)19-12-7-5-10(6-8-12)15(17)18/h5-8,11,13-14H,2-4,9H2,1H3,(H,17,18). The van der Waals surface area contributed by atoms with Gasteiger partial charge in [0.2, 0.25) is 0 Å². The third-order valence-electron chi connectivity index (χ3n) is 4.46. The van der Waals surface area contributed by atoms with E-state index in [0.717, 1.165) is 12.2 Å². The Balaban J connectivity index is 1.70. The molecule has 3 unspecified atom stereocenters. The lowest BCUT2D eigenvalue weighted by Gasteiger charge is -2.31. The molecule has 3 rings (SSSR count). The molecule has 2 aliphatic rings. The highest BCUT2D eigenvalue weighted by atomic mass is 16.5. The Hall–Kier alpha value is -1.55. The molecule has 102 valence electrons. The van der Waals surface area contributed by atoms with Crippen LogP contribution in [0.15, 0.2) is 24.3 Å². The van der Waals surface area contributed by atoms with Gasteiger partial charge in [0.05, 0.1) is 5.56 Å². The van der Waals surface area contributed by atoms with Crippen LogP contribution in [0.3, 0.4) is 0 Å². The van der Waals surface area contributed by atoms with Gasteiger partial charge in [-0.3, -0.25) is 4.90 Å². The van der Waals surface area contributed by atoms with Gasteiger partial charge in [-0.15, -0.1) is 0 Å². The van der Waals surface area contributed by atoms with Crippen molar-refractivity contribution in [1.82, 2.24) is 4.90 Å². The van der Waals surface area contributed by atoms with Gasteiger partial charge in [-0.05, 0) is 44.2 Å². The first-order valence-corrected chi connectivity index (χ1v) is 6.87. The molecule has 0 aromatic heterocycles. The van der Waals surface area contributed by atoms with Gasteiger partial charge >= 0.3 is 5.97 Å². The average molecular weight is 261 g/mol. The molecule has 2 bridgehead atoms. The van der Waals surface area contributed by atoms with Crippen molar-refractivity contribution in [3.8, 4) is 5.75 Å². The molecular weight excluding hydrogens is 242 g/mol. The predicted octanol–water partition coefficient (Wildman–Crippen LogP) is 2.39. The van der Waals surface area contributed by atoms with Crippen LogP contribution in [0, 0.1) is 0 Å². The Kier molecular flexibility index (Phi) is 3.19. The molecule has 2 heterocycles. The van der Waals surface area contributed by atoms with E-state index in [1.807, 2.05) is 0 Å². The minimum atomic E-state index is -0.900. The summed E-state index contributed by atoms with van der Waals surface area (Å²) in [6.45, 7) is 0. The highest BCUT2D eigenvalue weighted by Crippen LogP contribution is 2.36. The van der Waals surface area contributed by atoms with Crippen molar-refractivity contribution in [1.29, 1.82) is 0 Å². The van der Waals surface area contributed by atoms with Gasteiger partial charge in [0.15, 0.2) is 0 Å². The van der Waals surface area contributed by atoms with Crippen LogP contribution in [0.1, 0.15) is 36.0 Å². The van der Waals surface area contributed by atoms with E-state index in [0.29, 0.717) is 17.6 Å². The summed E-state index contributed by atoms with van der Waals surface area (Å²) in [5, 5.41) is 8.87. The Bertz CT molecular complexity index is 471. The fourth-order valence-corrected chi connectivity index (χ4v) is 3.38. The van der Waals surface area contributed by atoms with Crippen LogP contribution in [0.5, 0.6) is 5.75 Å². The second-order valence-corrected chi connectivity index (χ2v) is 5.54. The molecule has 0 radical (unpaired) electrons. The van der Waals surface area contributed by atoms with Gasteiger partial charge in [-0.1, -0.05) is 6.42 Å². The lowest BCUT2D eigenvalue weighted by molar-refractivity contribution is 0.0696. The monoisotopic (exact) mass is 261 g/mol. The number of hydrogen-bond acceptors (Lipinski definition) is 3. The number of carboxylic acids is 1. The summed E-state index contributed by atoms with van der Waals surface area (Å²) in [7, 11) is 2.19. The van der Waals surface area contributed by atoms with Crippen LogP contribution in [0.25, 0.3) is 0 Å². The van der Waals surface area contributed by atoms with Gasteiger partial charge in [0.1, 0.15) is 11.9 Å². The molecule has 1 N–H and O–H groups in total. The van der Waals surface area contributed by atoms with Gasteiger partial charge in [0, 0.05) is 18.5 Å². The minimum Gasteiger partial charge on any atom is -0.489 e. The molecule has 0 aliphatic carbocycles. The second kappa shape index (κ2) is 4.85. The molecule has 3 atom stereocenters. The molecule has 1 aromatic rings. The van der Waals surface area contributed by atoms with Crippen LogP contribution in [0.2, 0.25) is 0 Å². The Morgan fingerprint density at radius 2 is 2.05 bits per heavy atom. The van der Waals surface area contributed by atoms with Crippen LogP contribution < -0.4 is 4.74 Å². The van der Waals surface area contributed by atoms with Crippen molar-refractivity contribution in [2.45, 2.75) is 43.9 Å². The Labute approximate surface area is 113 Å². The molecule has 2 fully saturated rings. The first-order chi connectivity index (χ1) is 9.15. The van der Waals surface area contributed by atoms with Crippen molar-refractivity contribution in [2.75, 3.05) is 7.05 Å². The third-order valence-corrected chi connectivity index (χ3v) is 4.46. The Morgan fingerprint density at radius 1 is 1.32 bits per heavy atom. The summed E-state index contributed by atoms with van der Waals surface area (Å²) in [6.07, 6.45) is 5.09. The summed E-state index contributed by atoms with van der Waals surface area (Å²) in [5.74, 6) is -0.126. The van der Waals surface area contributed by atoms with E-state index in [9.17, 15) is 4.79 Å². The number of piperidine rings is 1. The maximum atomic E-state index is 10.8. The summed E-state index contributed by atoms with van der Waals surface area (Å²) in [5.41, 5.74) is 0.301. The third kappa shape index (κ3) is 2.32. The lowest BCUT2D eigenvalue weighted by atomic mass is 10.0.